The molecule has 0 spiro atoms. The molecule has 5 nitrogen and oxygen atoms in total. The zero-order valence-electron chi connectivity index (χ0n) is 15.4. The first-order valence-corrected chi connectivity index (χ1v) is 8.52. The van der Waals surface area contributed by atoms with E-state index >= 15 is 0 Å². The van der Waals surface area contributed by atoms with E-state index in [2.05, 4.69) is 4.98 Å². The predicted molar refractivity (Wildman–Crippen MR) is 99.2 cm³/mol. The average molecular weight is 356 g/mol. The quantitative estimate of drug-likeness (QED) is 0.790. The molecule has 0 radical (unpaired) electrons. The van der Waals surface area contributed by atoms with E-state index in [0.29, 0.717) is 6.54 Å². The number of aromatic nitrogens is 2. The smallest absolute Gasteiger partial charge is 0.398 e. The van der Waals surface area contributed by atoms with E-state index in [-0.39, 0.29) is 11.1 Å². The molecule has 1 aliphatic heterocycles. The Morgan fingerprint density at radius 1 is 1.19 bits per heavy atom. The van der Waals surface area contributed by atoms with E-state index in [1.807, 2.05) is 45.9 Å². The van der Waals surface area contributed by atoms with Crippen molar-refractivity contribution < 1.29 is 13.7 Å². The maximum atomic E-state index is 14.7. The van der Waals surface area contributed by atoms with Crippen LogP contribution in [-0.4, -0.2) is 27.9 Å². The van der Waals surface area contributed by atoms with Gasteiger partial charge in [-0.05, 0) is 58.0 Å². The fraction of sp³-hybridized carbons (Fsp3) is 0.368. The Hall–Kier alpha value is -2.25. The third-order valence-corrected chi connectivity index (χ3v) is 4.88. The lowest BCUT2D eigenvalue weighted by Crippen LogP contribution is -2.41. The molecule has 1 saturated heterocycles. The van der Waals surface area contributed by atoms with Crippen LogP contribution in [0.2, 0.25) is 0 Å². The monoisotopic (exact) mass is 356 g/mol. The van der Waals surface area contributed by atoms with Crippen molar-refractivity contribution in [2.24, 2.45) is 0 Å². The van der Waals surface area contributed by atoms with Crippen LogP contribution in [0.15, 0.2) is 53.2 Å². The Kier molecular flexibility index (Phi) is 4.86. The van der Waals surface area contributed by atoms with Gasteiger partial charge in [0, 0.05) is 18.0 Å². The summed E-state index contributed by atoms with van der Waals surface area (Å²) in [6, 6.07) is 8.77. The highest BCUT2D eigenvalue weighted by molar-refractivity contribution is 6.54. The van der Waals surface area contributed by atoms with Crippen LogP contribution in [0.4, 0.5) is 4.39 Å². The van der Waals surface area contributed by atoms with Crippen molar-refractivity contribution in [1.82, 2.24) is 9.55 Å². The predicted octanol–water partition coefficient (Wildman–Crippen LogP) is 3.23. The summed E-state index contributed by atoms with van der Waals surface area (Å²) >= 11 is 0. The van der Waals surface area contributed by atoms with Gasteiger partial charge in [-0.1, -0.05) is 6.07 Å². The molecular formula is C19H22BFN2O3. The van der Waals surface area contributed by atoms with E-state index in [4.69, 9.17) is 9.31 Å². The molecule has 1 fully saturated rings. The SMILES string of the molecule is CC1(C)OB(C(F)=Cc2cccn(Cc3ccccn3)c2=O)OC1(C)C. The molecule has 1 aliphatic rings. The van der Waals surface area contributed by atoms with Gasteiger partial charge in [0.15, 0.2) is 0 Å². The van der Waals surface area contributed by atoms with Crippen molar-refractivity contribution in [1.29, 1.82) is 0 Å². The van der Waals surface area contributed by atoms with Crippen LogP contribution < -0.4 is 5.56 Å². The topological polar surface area (TPSA) is 53.4 Å². The summed E-state index contributed by atoms with van der Waals surface area (Å²) in [7, 11) is -1.12. The Balaban J connectivity index is 1.85. The Bertz CT molecular complexity index is 862. The molecule has 0 aromatic carbocycles. The zero-order chi connectivity index (χ0) is 18.9. The van der Waals surface area contributed by atoms with Gasteiger partial charge in [0.2, 0.25) is 0 Å². The molecule has 0 bridgehead atoms. The molecule has 3 heterocycles. The Morgan fingerprint density at radius 3 is 2.50 bits per heavy atom. The zero-order valence-corrected chi connectivity index (χ0v) is 15.4. The molecular weight excluding hydrogens is 334 g/mol. The van der Waals surface area contributed by atoms with Crippen molar-refractivity contribution >= 4 is 13.2 Å². The number of hydrogen-bond acceptors (Lipinski definition) is 4. The van der Waals surface area contributed by atoms with Gasteiger partial charge >= 0.3 is 7.12 Å². The Labute approximate surface area is 152 Å². The van der Waals surface area contributed by atoms with Gasteiger partial charge in [0.25, 0.3) is 5.56 Å². The van der Waals surface area contributed by atoms with Crippen molar-refractivity contribution in [3.05, 3.63) is 70.1 Å². The molecule has 0 aliphatic carbocycles. The second-order valence-electron chi connectivity index (χ2n) is 7.34. The minimum atomic E-state index is -1.12. The summed E-state index contributed by atoms with van der Waals surface area (Å²) in [6.07, 6.45) is 4.50. The summed E-state index contributed by atoms with van der Waals surface area (Å²) in [5, 5.41) is 0. The lowest BCUT2D eigenvalue weighted by Gasteiger charge is -2.32. The van der Waals surface area contributed by atoms with Crippen LogP contribution in [0.5, 0.6) is 0 Å². The highest BCUT2D eigenvalue weighted by Gasteiger charge is 2.53. The molecule has 136 valence electrons. The summed E-state index contributed by atoms with van der Waals surface area (Å²) in [4.78, 5) is 16.8. The van der Waals surface area contributed by atoms with Gasteiger partial charge in [-0.25, -0.2) is 4.39 Å². The van der Waals surface area contributed by atoms with Gasteiger partial charge in [0.05, 0.1) is 23.4 Å². The molecule has 7 heteroatoms. The fourth-order valence-electron chi connectivity index (χ4n) is 2.63. The minimum absolute atomic E-state index is 0.232. The molecule has 0 N–H and O–H groups in total. The molecule has 2 aromatic rings. The van der Waals surface area contributed by atoms with Crippen LogP contribution in [0.25, 0.3) is 6.08 Å². The van der Waals surface area contributed by atoms with E-state index < -0.39 is 24.0 Å². The van der Waals surface area contributed by atoms with Crippen LogP contribution in [0.3, 0.4) is 0 Å². The minimum Gasteiger partial charge on any atom is -0.398 e. The summed E-state index contributed by atoms with van der Waals surface area (Å²) < 4.78 is 27.5. The normalized spacial score (nSPS) is 19.0. The molecule has 0 amide bonds. The largest absolute Gasteiger partial charge is 0.525 e. The van der Waals surface area contributed by atoms with Crippen molar-refractivity contribution in [3.8, 4) is 0 Å². The molecule has 3 rings (SSSR count). The highest BCUT2D eigenvalue weighted by Crippen LogP contribution is 2.38. The molecule has 2 aromatic heterocycles. The van der Waals surface area contributed by atoms with Gasteiger partial charge in [0.1, 0.15) is 5.73 Å². The summed E-state index contributed by atoms with van der Waals surface area (Å²) in [5.41, 5.74) is -1.23. The van der Waals surface area contributed by atoms with Crippen LogP contribution in [0, 0.1) is 0 Å². The molecule has 0 atom stereocenters. The van der Waals surface area contributed by atoms with Crippen LogP contribution in [0.1, 0.15) is 39.0 Å². The number of pyridine rings is 2. The van der Waals surface area contributed by atoms with Crippen molar-refractivity contribution in [2.45, 2.75) is 45.4 Å². The fourth-order valence-corrected chi connectivity index (χ4v) is 2.63. The van der Waals surface area contributed by atoms with E-state index in [1.165, 1.54) is 10.6 Å². The maximum absolute atomic E-state index is 14.7. The lowest BCUT2D eigenvalue weighted by atomic mass is 9.87. The first kappa shape index (κ1) is 18.5. The summed E-state index contributed by atoms with van der Waals surface area (Å²) in [5.74, 6) is 0. The third kappa shape index (κ3) is 3.64. The van der Waals surface area contributed by atoms with E-state index in [0.717, 1.165) is 5.69 Å². The van der Waals surface area contributed by atoms with Gasteiger partial charge in [-0.15, -0.1) is 0 Å². The van der Waals surface area contributed by atoms with Crippen LogP contribution >= 0.6 is 0 Å². The standard InChI is InChI=1S/C19H22BFN2O3/c1-18(2)19(3,4)26-20(25-18)16(21)12-14-8-7-11-23(17(14)24)13-15-9-5-6-10-22-15/h5-12H,13H2,1-4H3. The highest BCUT2D eigenvalue weighted by atomic mass is 19.1. The van der Waals surface area contributed by atoms with Crippen LogP contribution in [-0.2, 0) is 15.9 Å². The maximum Gasteiger partial charge on any atom is 0.525 e. The number of rotatable bonds is 4. The first-order chi connectivity index (χ1) is 12.2. The third-order valence-electron chi connectivity index (χ3n) is 4.88. The second-order valence-corrected chi connectivity index (χ2v) is 7.34. The molecule has 0 unspecified atom stereocenters. The molecule has 0 saturated carbocycles. The van der Waals surface area contributed by atoms with Gasteiger partial charge in [-0.2, -0.15) is 0 Å². The Morgan fingerprint density at radius 2 is 1.88 bits per heavy atom. The summed E-state index contributed by atoms with van der Waals surface area (Å²) in [6.45, 7) is 7.72. The van der Waals surface area contributed by atoms with Crippen molar-refractivity contribution in [3.63, 3.8) is 0 Å². The second kappa shape index (κ2) is 6.81. The van der Waals surface area contributed by atoms with E-state index in [9.17, 15) is 9.18 Å². The first-order valence-electron chi connectivity index (χ1n) is 8.52. The van der Waals surface area contributed by atoms with Crippen molar-refractivity contribution in [2.75, 3.05) is 0 Å². The van der Waals surface area contributed by atoms with Gasteiger partial charge in [-0.3, -0.25) is 9.78 Å². The number of halogens is 1. The molecule has 26 heavy (non-hydrogen) atoms. The van der Waals surface area contributed by atoms with Gasteiger partial charge < -0.3 is 13.9 Å². The lowest BCUT2D eigenvalue weighted by molar-refractivity contribution is 0.00578. The number of nitrogens with zero attached hydrogens (tertiary/aromatic N) is 2. The van der Waals surface area contributed by atoms with E-state index in [1.54, 1.807) is 24.5 Å². The average Bonchev–Trinajstić information content (AvgIpc) is 2.80. The number of hydrogen-bond donors (Lipinski definition) is 0.